The van der Waals surface area contributed by atoms with Crippen molar-refractivity contribution < 1.29 is 14.7 Å². The first kappa shape index (κ1) is 15.7. The lowest BCUT2D eigenvalue weighted by Gasteiger charge is -2.08. The molecule has 1 rings (SSSR count). The van der Waals surface area contributed by atoms with Crippen molar-refractivity contribution in [3.8, 4) is 0 Å². The summed E-state index contributed by atoms with van der Waals surface area (Å²) in [5.74, 6) is -0.858. The molecule has 0 atom stereocenters. The third-order valence-corrected chi connectivity index (χ3v) is 3.93. The molecule has 1 amide bonds. The van der Waals surface area contributed by atoms with Crippen molar-refractivity contribution in [2.24, 2.45) is 0 Å². The van der Waals surface area contributed by atoms with E-state index in [1.54, 1.807) is 0 Å². The highest BCUT2D eigenvalue weighted by molar-refractivity contribution is 9.10. The van der Waals surface area contributed by atoms with Crippen LogP contribution in [0.25, 0.3) is 0 Å². The SMILES string of the molecule is Cc1cccc(CNC(=O)CCCCC(=O)O)c1Br. The van der Waals surface area contributed by atoms with Gasteiger partial charge in [0.2, 0.25) is 5.91 Å². The van der Waals surface area contributed by atoms with E-state index in [1.807, 2.05) is 25.1 Å². The van der Waals surface area contributed by atoms with E-state index in [9.17, 15) is 9.59 Å². The molecule has 0 unspecified atom stereocenters. The quantitative estimate of drug-likeness (QED) is 0.756. The maximum Gasteiger partial charge on any atom is 0.303 e. The molecule has 0 spiro atoms. The second kappa shape index (κ2) is 7.94. The molecule has 19 heavy (non-hydrogen) atoms. The number of benzene rings is 1. The maximum atomic E-state index is 11.6. The Morgan fingerprint density at radius 1 is 1.26 bits per heavy atom. The number of carbonyl (C=O) groups excluding carboxylic acids is 1. The van der Waals surface area contributed by atoms with Crippen molar-refractivity contribution >= 4 is 27.8 Å². The summed E-state index contributed by atoms with van der Waals surface area (Å²) in [5.41, 5.74) is 2.17. The lowest BCUT2D eigenvalue weighted by Crippen LogP contribution is -2.22. The summed E-state index contributed by atoms with van der Waals surface area (Å²) in [6.45, 7) is 2.49. The zero-order valence-electron chi connectivity index (χ0n) is 10.9. The Bertz CT molecular complexity index is 460. The summed E-state index contributed by atoms with van der Waals surface area (Å²) in [4.78, 5) is 21.9. The molecule has 0 fully saturated rings. The van der Waals surface area contributed by atoms with Gasteiger partial charge in [-0.1, -0.05) is 34.1 Å². The van der Waals surface area contributed by atoms with Crippen LogP contribution < -0.4 is 5.32 Å². The molecule has 0 bridgehead atoms. The van der Waals surface area contributed by atoms with Gasteiger partial charge < -0.3 is 10.4 Å². The van der Waals surface area contributed by atoms with Crippen LogP contribution in [-0.4, -0.2) is 17.0 Å². The second-order valence-electron chi connectivity index (χ2n) is 4.43. The first-order valence-corrected chi connectivity index (χ1v) is 7.02. The Hall–Kier alpha value is -1.36. The minimum atomic E-state index is -0.816. The van der Waals surface area contributed by atoms with E-state index in [0.717, 1.165) is 15.6 Å². The van der Waals surface area contributed by atoms with Gasteiger partial charge in [-0.3, -0.25) is 9.59 Å². The van der Waals surface area contributed by atoms with Crippen molar-refractivity contribution in [1.29, 1.82) is 0 Å². The number of hydrogen-bond acceptors (Lipinski definition) is 2. The molecular weight excluding hydrogens is 310 g/mol. The van der Waals surface area contributed by atoms with Crippen LogP contribution in [0.5, 0.6) is 0 Å². The predicted octanol–water partition coefficient (Wildman–Crippen LogP) is 3.02. The van der Waals surface area contributed by atoms with E-state index in [-0.39, 0.29) is 12.3 Å². The summed E-state index contributed by atoms with van der Waals surface area (Å²) in [7, 11) is 0. The molecule has 4 nitrogen and oxygen atoms in total. The Labute approximate surface area is 121 Å². The fourth-order valence-corrected chi connectivity index (χ4v) is 2.09. The van der Waals surface area contributed by atoms with Crippen LogP contribution in [0.4, 0.5) is 0 Å². The van der Waals surface area contributed by atoms with E-state index >= 15 is 0 Å². The van der Waals surface area contributed by atoms with Crippen molar-refractivity contribution in [2.75, 3.05) is 0 Å². The van der Waals surface area contributed by atoms with Crippen LogP contribution >= 0.6 is 15.9 Å². The van der Waals surface area contributed by atoms with Crippen molar-refractivity contribution in [2.45, 2.75) is 39.2 Å². The number of carbonyl (C=O) groups is 2. The van der Waals surface area contributed by atoms with Crippen LogP contribution in [0.15, 0.2) is 22.7 Å². The number of carboxylic acid groups (broad SMARTS) is 1. The normalized spacial score (nSPS) is 10.2. The molecule has 0 aliphatic carbocycles. The molecule has 0 radical (unpaired) electrons. The third-order valence-electron chi connectivity index (χ3n) is 2.79. The van der Waals surface area contributed by atoms with Gasteiger partial charge >= 0.3 is 5.97 Å². The smallest absolute Gasteiger partial charge is 0.303 e. The average Bonchev–Trinajstić information content (AvgIpc) is 2.36. The number of unbranched alkanes of at least 4 members (excludes halogenated alkanes) is 1. The summed E-state index contributed by atoms with van der Waals surface area (Å²) >= 11 is 3.49. The molecule has 5 heteroatoms. The van der Waals surface area contributed by atoms with Gasteiger partial charge in [-0.25, -0.2) is 0 Å². The minimum absolute atomic E-state index is 0.0428. The Balaban J connectivity index is 2.30. The summed E-state index contributed by atoms with van der Waals surface area (Å²) < 4.78 is 1.01. The Kier molecular flexibility index (Phi) is 6.56. The molecular formula is C14H18BrNO3. The summed E-state index contributed by atoms with van der Waals surface area (Å²) in [5, 5.41) is 11.3. The highest BCUT2D eigenvalue weighted by atomic mass is 79.9. The van der Waals surface area contributed by atoms with Crippen LogP contribution in [-0.2, 0) is 16.1 Å². The zero-order valence-corrected chi connectivity index (χ0v) is 12.5. The lowest BCUT2D eigenvalue weighted by molar-refractivity contribution is -0.137. The second-order valence-corrected chi connectivity index (χ2v) is 5.22. The third kappa shape index (κ3) is 5.87. The van der Waals surface area contributed by atoms with Crippen molar-refractivity contribution in [1.82, 2.24) is 5.32 Å². The van der Waals surface area contributed by atoms with Gasteiger partial charge in [0.05, 0.1) is 0 Å². The summed E-state index contributed by atoms with van der Waals surface area (Å²) in [6.07, 6.45) is 1.64. The minimum Gasteiger partial charge on any atom is -0.481 e. The largest absolute Gasteiger partial charge is 0.481 e. The number of nitrogens with one attached hydrogen (secondary N) is 1. The standard InChI is InChI=1S/C14H18BrNO3/c1-10-5-4-6-11(14(10)15)9-16-12(17)7-2-3-8-13(18)19/h4-6H,2-3,7-9H2,1H3,(H,16,17)(H,18,19). The van der Waals surface area contributed by atoms with Gasteiger partial charge in [-0.15, -0.1) is 0 Å². The number of amides is 1. The number of aliphatic carboxylic acids is 1. The number of rotatable bonds is 7. The van der Waals surface area contributed by atoms with E-state index < -0.39 is 5.97 Å². The van der Waals surface area contributed by atoms with Crippen molar-refractivity contribution in [3.05, 3.63) is 33.8 Å². The Morgan fingerprint density at radius 2 is 1.95 bits per heavy atom. The highest BCUT2D eigenvalue weighted by Gasteiger charge is 2.05. The van der Waals surface area contributed by atoms with Crippen LogP contribution in [0, 0.1) is 6.92 Å². The van der Waals surface area contributed by atoms with E-state index in [4.69, 9.17) is 5.11 Å². The fraction of sp³-hybridized carbons (Fsp3) is 0.429. The molecule has 0 saturated carbocycles. The molecule has 0 saturated heterocycles. The van der Waals surface area contributed by atoms with Gasteiger partial charge in [0.1, 0.15) is 0 Å². The first-order chi connectivity index (χ1) is 9.00. The maximum absolute atomic E-state index is 11.6. The van der Waals surface area contributed by atoms with Crippen LogP contribution in [0.3, 0.4) is 0 Å². The van der Waals surface area contributed by atoms with Gasteiger partial charge in [0, 0.05) is 23.9 Å². The lowest BCUT2D eigenvalue weighted by atomic mass is 10.1. The summed E-state index contributed by atoms with van der Waals surface area (Å²) in [6, 6.07) is 5.91. The monoisotopic (exact) mass is 327 g/mol. The average molecular weight is 328 g/mol. The number of hydrogen-bond donors (Lipinski definition) is 2. The molecule has 0 aliphatic rings. The predicted molar refractivity (Wildman–Crippen MR) is 76.8 cm³/mol. The van der Waals surface area contributed by atoms with E-state index in [1.165, 1.54) is 0 Å². The molecule has 0 aliphatic heterocycles. The van der Waals surface area contributed by atoms with Gasteiger partial charge in [-0.05, 0) is 30.9 Å². The highest BCUT2D eigenvalue weighted by Crippen LogP contribution is 2.20. The zero-order chi connectivity index (χ0) is 14.3. The molecule has 104 valence electrons. The van der Waals surface area contributed by atoms with Gasteiger partial charge in [-0.2, -0.15) is 0 Å². The van der Waals surface area contributed by atoms with E-state index in [0.29, 0.717) is 25.8 Å². The topological polar surface area (TPSA) is 66.4 Å². The van der Waals surface area contributed by atoms with E-state index in [2.05, 4.69) is 21.2 Å². The molecule has 2 N–H and O–H groups in total. The molecule has 1 aromatic carbocycles. The van der Waals surface area contributed by atoms with Crippen molar-refractivity contribution in [3.63, 3.8) is 0 Å². The number of halogens is 1. The van der Waals surface area contributed by atoms with Crippen LogP contribution in [0.2, 0.25) is 0 Å². The number of carboxylic acids is 1. The first-order valence-electron chi connectivity index (χ1n) is 6.23. The molecule has 0 heterocycles. The molecule has 0 aromatic heterocycles. The van der Waals surface area contributed by atoms with Crippen LogP contribution in [0.1, 0.15) is 36.8 Å². The van der Waals surface area contributed by atoms with Gasteiger partial charge in [0.25, 0.3) is 0 Å². The fourth-order valence-electron chi connectivity index (χ4n) is 1.69. The Morgan fingerprint density at radius 3 is 2.63 bits per heavy atom. The number of aryl methyl sites for hydroxylation is 1. The molecule has 1 aromatic rings. The van der Waals surface area contributed by atoms with Gasteiger partial charge in [0.15, 0.2) is 0 Å².